The zero-order valence-electron chi connectivity index (χ0n) is 21.7. The first-order valence-electron chi connectivity index (χ1n) is 13.3. The number of carbonyl (C=O) groups excluding carboxylic acids is 1. The van der Waals surface area contributed by atoms with E-state index in [1.165, 1.54) is 37.8 Å². The Labute approximate surface area is 225 Å². The first-order chi connectivity index (χ1) is 18.3. The molecule has 0 atom stereocenters. The van der Waals surface area contributed by atoms with E-state index in [1.807, 2.05) is 12.1 Å². The van der Waals surface area contributed by atoms with Gasteiger partial charge in [-0.2, -0.15) is 0 Å². The summed E-state index contributed by atoms with van der Waals surface area (Å²) in [6.07, 6.45) is 7.57. The second-order valence-electron chi connectivity index (χ2n) is 10.3. The fraction of sp³-hybridized carbons (Fsp3) is 0.367. The van der Waals surface area contributed by atoms with Crippen LogP contribution in [-0.4, -0.2) is 45.5 Å². The van der Waals surface area contributed by atoms with Crippen LogP contribution in [0.5, 0.6) is 5.75 Å². The number of primary sulfonamides is 1. The van der Waals surface area contributed by atoms with Crippen molar-refractivity contribution in [2.45, 2.75) is 55.4 Å². The molecule has 38 heavy (non-hydrogen) atoms. The molecule has 0 spiro atoms. The predicted octanol–water partition coefficient (Wildman–Crippen LogP) is 5.38. The minimum absolute atomic E-state index is 0.0522. The number of hydrogen-bond acceptors (Lipinski definition) is 5. The van der Waals surface area contributed by atoms with E-state index in [2.05, 4.69) is 16.3 Å². The quantitative estimate of drug-likeness (QED) is 0.424. The molecule has 3 aromatic carbocycles. The fourth-order valence-corrected chi connectivity index (χ4v) is 6.41. The summed E-state index contributed by atoms with van der Waals surface area (Å²) < 4.78 is 29.0. The number of anilines is 1. The summed E-state index contributed by atoms with van der Waals surface area (Å²) in [5.74, 6) is 1.07. The molecule has 1 saturated carbocycles. The minimum Gasteiger partial charge on any atom is -0.496 e. The van der Waals surface area contributed by atoms with Crippen molar-refractivity contribution >= 4 is 21.6 Å². The van der Waals surface area contributed by atoms with Gasteiger partial charge in [-0.25, -0.2) is 13.6 Å². The Hall–Kier alpha value is -3.20. The Bertz CT molecular complexity index is 1390. The summed E-state index contributed by atoms with van der Waals surface area (Å²) in [5.41, 5.74) is 3.92. The van der Waals surface area contributed by atoms with Crippen LogP contribution in [0.2, 0.25) is 0 Å². The number of likely N-dealkylation sites (tertiary alicyclic amines) is 1. The van der Waals surface area contributed by atoms with Gasteiger partial charge in [-0.3, -0.25) is 4.79 Å². The van der Waals surface area contributed by atoms with E-state index in [0.29, 0.717) is 17.0 Å². The fourth-order valence-electron chi connectivity index (χ4n) is 5.85. The van der Waals surface area contributed by atoms with Crippen LogP contribution in [0.3, 0.4) is 0 Å². The van der Waals surface area contributed by atoms with Crippen molar-refractivity contribution in [2.24, 2.45) is 5.14 Å². The van der Waals surface area contributed by atoms with Crippen LogP contribution in [0.15, 0.2) is 71.6 Å². The van der Waals surface area contributed by atoms with Crippen molar-refractivity contribution in [1.29, 1.82) is 0 Å². The van der Waals surface area contributed by atoms with E-state index in [9.17, 15) is 13.2 Å². The number of carbonyl (C=O) groups is 1. The topological polar surface area (TPSA) is 102 Å². The zero-order valence-corrected chi connectivity index (χ0v) is 22.5. The Morgan fingerprint density at radius 1 is 0.921 bits per heavy atom. The highest BCUT2D eigenvalue weighted by atomic mass is 32.2. The van der Waals surface area contributed by atoms with Gasteiger partial charge in [-0.05, 0) is 104 Å². The second-order valence-corrected chi connectivity index (χ2v) is 11.9. The molecule has 0 unspecified atom stereocenters. The molecule has 5 rings (SSSR count). The molecular formula is C30H35N3O4S. The normalized spacial score (nSPS) is 17.4. The Morgan fingerprint density at radius 2 is 1.63 bits per heavy atom. The molecule has 1 saturated heterocycles. The lowest BCUT2D eigenvalue weighted by Crippen LogP contribution is -2.39. The number of hydrogen-bond donors (Lipinski definition) is 2. The molecule has 1 aliphatic carbocycles. The van der Waals surface area contributed by atoms with Gasteiger partial charge in [0.05, 0.1) is 12.0 Å². The van der Waals surface area contributed by atoms with Crippen molar-refractivity contribution in [1.82, 2.24) is 4.90 Å². The summed E-state index contributed by atoms with van der Waals surface area (Å²) >= 11 is 0. The van der Waals surface area contributed by atoms with Crippen LogP contribution in [0, 0.1) is 0 Å². The molecule has 1 amide bonds. The Kier molecular flexibility index (Phi) is 7.83. The highest BCUT2D eigenvalue weighted by molar-refractivity contribution is 7.89. The molecule has 2 fully saturated rings. The molecule has 0 radical (unpaired) electrons. The molecule has 3 N–H and O–H groups in total. The van der Waals surface area contributed by atoms with Gasteiger partial charge in [0.1, 0.15) is 5.75 Å². The number of methoxy groups -OCH3 is 1. The van der Waals surface area contributed by atoms with Crippen LogP contribution in [-0.2, 0) is 10.0 Å². The van der Waals surface area contributed by atoms with Gasteiger partial charge in [0.15, 0.2) is 0 Å². The molecule has 1 aliphatic heterocycles. The number of benzene rings is 3. The molecule has 0 aromatic heterocycles. The first kappa shape index (κ1) is 26.4. The number of piperidine rings is 1. The SMILES string of the molecule is COc1ccc(NC(=O)c2ccc(-c3cccc(S(N)(=O)=O)c3)cc2)cc1C1CCN(C2CCCC2)CC1. The van der Waals surface area contributed by atoms with Gasteiger partial charge in [-0.15, -0.1) is 0 Å². The number of ether oxygens (including phenoxy) is 1. The van der Waals surface area contributed by atoms with Gasteiger partial charge in [0.2, 0.25) is 10.0 Å². The van der Waals surface area contributed by atoms with E-state index >= 15 is 0 Å². The maximum atomic E-state index is 13.0. The number of rotatable bonds is 7. The van der Waals surface area contributed by atoms with Gasteiger partial charge in [0, 0.05) is 17.3 Å². The van der Waals surface area contributed by atoms with E-state index in [1.54, 1.807) is 43.5 Å². The van der Waals surface area contributed by atoms with E-state index in [0.717, 1.165) is 54.5 Å². The molecule has 2 aliphatic rings. The highest BCUT2D eigenvalue weighted by Gasteiger charge is 2.29. The highest BCUT2D eigenvalue weighted by Crippen LogP contribution is 2.38. The minimum atomic E-state index is -3.79. The number of nitrogens with zero attached hydrogens (tertiary/aromatic N) is 1. The predicted molar refractivity (Wildman–Crippen MR) is 150 cm³/mol. The number of nitrogens with one attached hydrogen (secondary N) is 1. The average molecular weight is 534 g/mol. The van der Waals surface area contributed by atoms with Crippen LogP contribution in [0.4, 0.5) is 5.69 Å². The molecule has 0 bridgehead atoms. The summed E-state index contributed by atoms with van der Waals surface area (Å²) in [7, 11) is -2.09. The third-order valence-electron chi connectivity index (χ3n) is 7.94. The molecule has 1 heterocycles. The van der Waals surface area contributed by atoms with Gasteiger partial charge < -0.3 is 15.0 Å². The summed E-state index contributed by atoms with van der Waals surface area (Å²) in [6.45, 7) is 2.23. The summed E-state index contributed by atoms with van der Waals surface area (Å²) in [6, 6.07) is 20.1. The van der Waals surface area contributed by atoms with Crippen molar-refractivity contribution in [3.05, 3.63) is 77.9 Å². The second kappa shape index (κ2) is 11.3. The number of nitrogens with two attached hydrogens (primary N) is 1. The first-order valence-corrected chi connectivity index (χ1v) is 14.8. The number of sulfonamides is 1. The third-order valence-corrected chi connectivity index (χ3v) is 8.85. The van der Waals surface area contributed by atoms with Crippen LogP contribution in [0.25, 0.3) is 11.1 Å². The molecule has 8 heteroatoms. The lowest BCUT2D eigenvalue weighted by atomic mass is 9.87. The van der Waals surface area contributed by atoms with Crippen LogP contribution < -0.4 is 15.2 Å². The lowest BCUT2D eigenvalue weighted by molar-refractivity contribution is 0.102. The third kappa shape index (κ3) is 5.93. The molecule has 200 valence electrons. The van der Waals surface area contributed by atoms with E-state index in [-0.39, 0.29) is 10.8 Å². The summed E-state index contributed by atoms with van der Waals surface area (Å²) in [5, 5.41) is 8.29. The Balaban J connectivity index is 1.27. The van der Waals surface area contributed by atoms with Crippen LogP contribution >= 0.6 is 0 Å². The maximum absolute atomic E-state index is 13.0. The zero-order chi connectivity index (χ0) is 26.7. The summed E-state index contributed by atoms with van der Waals surface area (Å²) in [4.78, 5) is 15.7. The largest absolute Gasteiger partial charge is 0.496 e. The molecular weight excluding hydrogens is 498 g/mol. The van der Waals surface area contributed by atoms with E-state index in [4.69, 9.17) is 9.88 Å². The molecule has 3 aromatic rings. The van der Waals surface area contributed by atoms with Gasteiger partial charge in [-0.1, -0.05) is 37.1 Å². The number of amides is 1. The smallest absolute Gasteiger partial charge is 0.255 e. The van der Waals surface area contributed by atoms with Crippen molar-refractivity contribution < 1.29 is 17.9 Å². The standard InChI is InChI=1S/C30H35N3O4S/c1-37-29-14-13-25(20-28(29)22-15-17-33(18-16-22)26-6-2-3-7-26)32-30(34)23-11-9-21(10-12-23)24-5-4-8-27(19-24)38(31,35)36/h4-5,8-14,19-20,22,26H,2-3,6-7,15-18H2,1H3,(H,32,34)(H2,31,35,36). The molecule has 7 nitrogen and oxygen atoms in total. The van der Waals surface area contributed by atoms with Crippen molar-refractivity contribution in [3.63, 3.8) is 0 Å². The van der Waals surface area contributed by atoms with Crippen molar-refractivity contribution in [3.8, 4) is 16.9 Å². The van der Waals surface area contributed by atoms with Crippen molar-refractivity contribution in [2.75, 3.05) is 25.5 Å². The van der Waals surface area contributed by atoms with E-state index < -0.39 is 10.0 Å². The average Bonchev–Trinajstić information content (AvgIpc) is 3.48. The van der Waals surface area contributed by atoms with Gasteiger partial charge in [0.25, 0.3) is 5.91 Å². The van der Waals surface area contributed by atoms with Gasteiger partial charge >= 0.3 is 0 Å². The van der Waals surface area contributed by atoms with Crippen LogP contribution in [0.1, 0.15) is 60.4 Å². The maximum Gasteiger partial charge on any atom is 0.255 e. The Morgan fingerprint density at radius 3 is 2.29 bits per heavy atom. The lowest BCUT2D eigenvalue weighted by Gasteiger charge is -2.36. The monoisotopic (exact) mass is 533 g/mol.